The van der Waals surface area contributed by atoms with Crippen LogP contribution in [0.4, 0.5) is 10.5 Å². The lowest BCUT2D eigenvalue weighted by Gasteiger charge is -2.35. The van der Waals surface area contributed by atoms with Gasteiger partial charge in [0.1, 0.15) is 5.60 Å². The van der Waals surface area contributed by atoms with Crippen molar-refractivity contribution in [2.75, 3.05) is 11.4 Å². The minimum absolute atomic E-state index is 0.0292. The molecular weight excluding hydrogens is 320 g/mol. The smallest absolute Gasteiger partial charge is 0.414 e. The van der Waals surface area contributed by atoms with Crippen LogP contribution >= 0.6 is 0 Å². The van der Waals surface area contributed by atoms with Gasteiger partial charge in [0.2, 0.25) is 5.91 Å². The quantitative estimate of drug-likeness (QED) is 0.879. The molecule has 0 aliphatic carbocycles. The highest BCUT2D eigenvalue weighted by molar-refractivity contribution is 5.90. The number of aliphatic hydroxyl groups is 1. The van der Waals surface area contributed by atoms with Gasteiger partial charge in [0.05, 0.1) is 23.8 Å². The number of para-hydroxylation sites is 1. The predicted octanol–water partition coefficient (Wildman–Crippen LogP) is 3.15. The van der Waals surface area contributed by atoms with Crippen LogP contribution in [0.25, 0.3) is 0 Å². The molecule has 1 aliphatic rings. The van der Waals surface area contributed by atoms with Crippen molar-refractivity contribution in [3.63, 3.8) is 0 Å². The van der Waals surface area contributed by atoms with Gasteiger partial charge in [0.25, 0.3) is 0 Å². The summed E-state index contributed by atoms with van der Waals surface area (Å²) in [6.45, 7) is 9.16. The standard InChI is InChI=1S/C19H28N2O4/c1-18(2,3)25-17(23)21-11-10-14(13-8-6-7-9-15(13)21)20-16(22)12-19(4,5)24/h6-9,14,24H,10-12H2,1-5H3,(H,20,22). The van der Waals surface area contributed by atoms with E-state index in [1.54, 1.807) is 18.7 Å². The Morgan fingerprint density at radius 1 is 1.24 bits per heavy atom. The fourth-order valence-corrected chi connectivity index (χ4v) is 2.86. The Morgan fingerprint density at radius 3 is 2.48 bits per heavy atom. The van der Waals surface area contributed by atoms with Crippen molar-refractivity contribution in [2.45, 2.75) is 64.7 Å². The first-order chi connectivity index (χ1) is 11.5. The Hall–Kier alpha value is -2.08. The van der Waals surface area contributed by atoms with Crippen LogP contribution in [-0.4, -0.2) is 34.9 Å². The second-order valence-corrected chi connectivity index (χ2v) is 8.09. The maximum absolute atomic E-state index is 12.5. The van der Waals surface area contributed by atoms with Gasteiger partial charge < -0.3 is 15.2 Å². The first-order valence-electron chi connectivity index (χ1n) is 8.57. The van der Waals surface area contributed by atoms with Gasteiger partial charge in [-0.2, -0.15) is 0 Å². The molecule has 0 saturated heterocycles. The van der Waals surface area contributed by atoms with E-state index in [4.69, 9.17) is 4.74 Å². The maximum Gasteiger partial charge on any atom is 0.414 e. The zero-order valence-corrected chi connectivity index (χ0v) is 15.6. The molecule has 0 bridgehead atoms. The normalized spacial score (nSPS) is 17.7. The summed E-state index contributed by atoms with van der Waals surface area (Å²) in [5, 5.41) is 12.8. The fourth-order valence-electron chi connectivity index (χ4n) is 2.86. The molecule has 0 fully saturated rings. The Balaban J connectivity index is 2.18. The van der Waals surface area contributed by atoms with E-state index in [9.17, 15) is 14.7 Å². The van der Waals surface area contributed by atoms with Gasteiger partial charge in [-0.1, -0.05) is 18.2 Å². The van der Waals surface area contributed by atoms with E-state index in [0.717, 1.165) is 11.3 Å². The molecular formula is C19H28N2O4. The number of ether oxygens (including phenoxy) is 1. The maximum atomic E-state index is 12.5. The number of fused-ring (bicyclic) bond motifs is 1. The number of benzene rings is 1. The Morgan fingerprint density at radius 2 is 1.88 bits per heavy atom. The average Bonchev–Trinajstić information content (AvgIpc) is 2.43. The number of hydrogen-bond donors (Lipinski definition) is 2. The highest BCUT2D eigenvalue weighted by Crippen LogP contribution is 2.34. The molecule has 0 spiro atoms. The van der Waals surface area contributed by atoms with E-state index in [1.807, 2.05) is 45.0 Å². The van der Waals surface area contributed by atoms with Gasteiger partial charge in [-0.25, -0.2) is 4.79 Å². The molecule has 1 atom stereocenters. The highest BCUT2D eigenvalue weighted by atomic mass is 16.6. The molecule has 0 radical (unpaired) electrons. The first-order valence-corrected chi connectivity index (χ1v) is 8.57. The molecule has 2 rings (SSSR count). The van der Waals surface area contributed by atoms with E-state index < -0.39 is 11.2 Å². The van der Waals surface area contributed by atoms with Crippen molar-refractivity contribution in [3.05, 3.63) is 29.8 Å². The molecule has 25 heavy (non-hydrogen) atoms. The molecule has 1 heterocycles. The summed E-state index contributed by atoms with van der Waals surface area (Å²) >= 11 is 0. The van der Waals surface area contributed by atoms with Crippen LogP contribution in [0.2, 0.25) is 0 Å². The Labute approximate surface area is 149 Å². The molecule has 1 unspecified atom stereocenters. The molecule has 1 aliphatic heterocycles. The summed E-state index contributed by atoms with van der Waals surface area (Å²) in [6.07, 6.45) is 0.233. The minimum atomic E-state index is -1.05. The van der Waals surface area contributed by atoms with Crippen molar-refractivity contribution >= 4 is 17.7 Å². The highest BCUT2D eigenvalue weighted by Gasteiger charge is 2.32. The second kappa shape index (κ2) is 7.04. The lowest BCUT2D eigenvalue weighted by molar-refractivity contribution is -0.125. The summed E-state index contributed by atoms with van der Waals surface area (Å²) < 4.78 is 5.48. The Bertz CT molecular complexity index is 644. The van der Waals surface area contributed by atoms with Crippen LogP contribution in [0.1, 0.15) is 59.1 Å². The Kier molecular flexibility index (Phi) is 5.42. The average molecular weight is 348 g/mol. The molecule has 1 aromatic rings. The van der Waals surface area contributed by atoms with E-state index in [1.165, 1.54) is 0 Å². The number of nitrogens with zero attached hydrogens (tertiary/aromatic N) is 1. The van der Waals surface area contributed by atoms with Crippen LogP contribution in [-0.2, 0) is 9.53 Å². The zero-order valence-electron chi connectivity index (χ0n) is 15.6. The third-order valence-corrected chi connectivity index (χ3v) is 3.79. The van der Waals surface area contributed by atoms with Crippen LogP contribution in [0, 0.1) is 0 Å². The van der Waals surface area contributed by atoms with Crippen molar-refractivity contribution < 1.29 is 19.4 Å². The van der Waals surface area contributed by atoms with E-state index in [0.29, 0.717) is 13.0 Å². The summed E-state index contributed by atoms with van der Waals surface area (Å²) in [4.78, 5) is 26.3. The number of nitrogens with one attached hydrogen (secondary N) is 1. The van der Waals surface area contributed by atoms with Gasteiger partial charge in [-0.3, -0.25) is 9.69 Å². The number of carbonyl (C=O) groups is 2. The van der Waals surface area contributed by atoms with Crippen LogP contribution < -0.4 is 10.2 Å². The first kappa shape index (κ1) is 19.2. The van der Waals surface area contributed by atoms with Gasteiger partial charge in [-0.05, 0) is 52.7 Å². The van der Waals surface area contributed by atoms with Crippen molar-refractivity contribution in [1.29, 1.82) is 0 Å². The monoisotopic (exact) mass is 348 g/mol. The van der Waals surface area contributed by atoms with Gasteiger partial charge in [0.15, 0.2) is 0 Å². The molecule has 6 nitrogen and oxygen atoms in total. The van der Waals surface area contributed by atoms with Crippen LogP contribution in [0.3, 0.4) is 0 Å². The van der Waals surface area contributed by atoms with E-state index >= 15 is 0 Å². The second-order valence-electron chi connectivity index (χ2n) is 8.09. The molecule has 6 heteroatoms. The van der Waals surface area contributed by atoms with E-state index in [2.05, 4.69) is 5.32 Å². The number of carbonyl (C=O) groups excluding carboxylic acids is 2. The third-order valence-electron chi connectivity index (χ3n) is 3.79. The number of hydrogen-bond acceptors (Lipinski definition) is 4. The summed E-state index contributed by atoms with van der Waals surface area (Å²) in [7, 11) is 0. The zero-order chi connectivity index (χ0) is 18.8. The fraction of sp³-hybridized carbons (Fsp3) is 0.579. The SMILES string of the molecule is CC(C)(O)CC(=O)NC1CCN(C(=O)OC(C)(C)C)c2ccccc21. The lowest BCUT2D eigenvalue weighted by Crippen LogP contribution is -2.44. The molecule has 0 saturated carbocycles. The van der Waals surface area contributed by atoms with Crippen molar-refractivity contribution in [2.24, 2.45) is 0 Å². The summed E-state index contributed by atoms with van der Waals surface area (Å²) in [5.74, 6) is -0.210. The molecule has 0 aromatic heterocycles. The van der Waals surface area contributed by atoms with E-state index in [-0.39, 0.29) is 24.5 Å². The molecule has 2 N–H and O–H groups in total. The van der Waals surface area contributed by atoms with Gasteiger partial charge >= 0.3 is 6.09 Å². The summed E-state index contributed by atoms with van der Waals surface area (Å²) in [5.41, 5.74) is 0.00483. The number of anilines is 1. The van der Waals surface area contributed by atoms with Crippen molar-refractivity contribution in [3.8, 4) is 0 Å². The number of amides is 2. The molecule has 138 valence electrons. The molecule has 2 amide bonds. The van der Waals surface area contributed by atoms with Crippen LogP contribution in [0.15, 0.2) is 24.3 Å². The topological polar surface area (TPSA) is 78.9 Å². The van der Waals surface area contributed by atoms with Crippen molar-refractivity contribution in [1.82, 2.24) is 5.32 Å². The minimum Gasteiger partial charge on any atom is -0.443 e. The molecule has 1 aromatic carbocycles. The van der Waals surface area contributed by atoms with Gasteiger partial charge in [0, 0.05) is 6.54 Å². The lowest BCUT2D eigenvalue weighted by atomic mass is 9.95. The largest absolute Gasteiger partial charge is 0.443 e. The summed E-state index contributed by atoms with van der Waals surface area (Å²) in [6, 6.07) is 7.31. The van der Waals surface area contributed by atoms with Gasteiger partial charge in [-0.15, -0.1) is 0 Å². The van der Waals surface area contributed by atoms with Crippen LogP contribution in [0.5, 0.6) is 0 Å². The predicted molar refractivity (Wildman–Crippen MR) is 96.4 cm³/mol. The number of rotatable bonds is 3. The third kappa shape index (κ3) is 5.46.